The maximum atomic E-state index is 10.4. The van der Waals surface area contributed by atoms with Gasteiger partial charge in [0.15, 0.2) is 51.6 Å². The van der Waals surface area contributed by atoms with Gasteiger partial charge < -0.3 is 93.9 Å². The van der Waals surface area contributed by atoms with Crippen LogP contribution in [-0.2, 0) is 20.4 Å². The standard InChI is InChI=1S/C23H25N3O2.2C22H27N5O2.C17H16N2O.C10H12O2.C7H6N2.C4H5N.CH3.H2O.Pd/c1-5-27-22-15-17(8-13-21(22)28-16(2)3)23(20-7-6-14-25-20)26-19-11-9-18(24-4)10-12-19;2*1-4-28-19-13-16(7-10-18(19)29-14(2)3)20(22-25-11-12-26-22)27-17-8-5-15(6-9-17)21(23)24;1-4-20-17-11-14(6-5-13(17)2)12-19-16-9-7-15(18-3)8-10-16;1-3-12-10-6-9(7-11)5-4-8(10)2;1-9-7-4-2-6(8)3-5-7;1-2-4-5-3-1;;;/h6,8-16,23,26H,5,7H2,1-3H3;2*5-14,20,27H,4H2,1-3H3,(H3,23,24)(H,25,26);5-12H,4H2,1-2H3;4-7H,3H2,1-2H3;2-5H,8H2;1,3-4H,2H2;1H3;1H2;/q;;;;;;;-1;;/p-1. The molecule has 708 valence electrons. The summed E-state index contributed by atoms with van der Waals surface area (Å²) in [6.07, 6.45) is 21.2. The average molecular weight is 1910 g/mol. The molecule has 0 saturated heterocycles. The van der Waals surface area contributed by atoms with Crippen molar-refractivity contribution < 1.29 is 68.6 Å². The monoisotopic (exact) mass is 1910 g/mol. The number of rotatable bonds is 33. The van der Waals surface area contributed by atoms with Crippen molar-refractivity contribution in [2.75, 3.05) is 54.7 Å². The molecule has 28 nitrogen and oxygen atoms in total. The molecule has 2 aromatic heterocycles. The van der Waals surface area contributed by atoms with Crippen LogP contribution in [0.1, 0.15) is 174 Å². The molecular formula is C106H122N18O10Pd-2. The minimum absolute atomic E-state index is 0. The Morgan fingerprint density at radius 3 is 1.18 bits per heavy atom. The number of aliphatic imine (C=N–C) groups is 3. The number of aromatic amines is 2. The normalized spacial score (nSPS) is 11.5. The molecule has 0 amide bonds. The summed E-state index contributed by atoms with van der Waals surface area (Å²) in [6, 6.07) is 65.1. The van der Waals surface area contributed by atoms with E-state index >= 15 is 0 Å². The van der Waals surface area contributed by atoms with Gasteiger partial charge in [-0.1, -0.05) is 91.0 Å². The van der Waals surface area contributed by atoms with Gasteiger partial charge in [0, 0.05) is 128 Å². The van der Waals surface area contributed by atoms with E-state index in [4.69, 9.17) is 85.6 Å². The van der Waals surface area contributed by atoms with E-state index in [0.717, 1.165) is 127 Å². The molecular weight excluding hydrogens is 1790 g/mol. The Balaban J connectivity index is 0.000000291. The molecule has 0 fully saturated rings. The number of nitrogens with one attached hydrogen (secondary N) is 7. The molecule has 29 heteroatoms. The summed E-state index contributed by atoms with van der Waals surface area (Å²) in [7, 11) is 0. The molecule has 3 unspecified atom stereocenters. The van der Waals surface area contributed by atoms with Gasteiger partial charge in [-0.2, -0.15) is 0 Å². The number of anilines is 4. The van der Waals surface area contributed by atoms with Crippen LogP contribution in [0.3, 0.4) is 0 Å². The summed E-state index contributed by atoms with van der Waals surface area (Å²) in [6.45, 7) is 49.2. The Labute approximate surface area is 807 Å². The first kappa shape index (κ1) is 110. The number of ether oxygens (including phenoxy) is 8. The molecule has 0 spiro atoms. The number of aryl methyl sites for hydroxylation is 2. The summed E-state index contributed by atoms with van der Waals surface area (Å²) in [5.74, 6) is 7.63. The number of allylic oxidation sites excluding steroid dienone is 2. The fraction of sp³-hybridized carbons (Fsp3) is 0.245. The van der Waals surface area contributed by atoms with Crippen molar-refractivity contribution in [2.45, 2.75) is 139 Å². The van der Waals surface area contributed by atoms with E-state index < -0.39 is 0 Å². The van der Waals surface area contributed by atoms with E-state index in [1.807, 2.05) is 278 Å². The van der Waals surface area contributed by atoms with E-state index in [0.29, 0.717) is 84.0 Å². The van der Waals surface area contributed by atoms with Crippen molar-refractivity contribution in [3.8, 4) is 46.0 Å². The van der Waals surface area contributed by atoms with Gasteiger partial charge in [0.25, 0.3) is 0 Å². The first-order valence-corrected chi connectivity index (χ1v) is 43.4. The molecule has 12 aromatic rings. The van der Waals surface area contributed by atoms with E-state index in [2.05, 4.69) is 65.4 Å². The van der Waals surface area contributed by atoms with Crippen molar-refractivity contribution in [1.29, 1.82) is 10.8 Å². The summed E-state index contributed by atoms with van der Waals surface area (Å²) >= 11 is 0. The Kier molecular flexibility index (Phi) is 48.0. The number of imidazole rings is 2. The number of benzene rings is 10. The number of hydrogen-bond acceptors (Lipinski definition) is 21. The smallest absolute Gasteiger partial charge is 0.187 e. The topological polar surface area (TPSA) is 390 Å². The summed E-state index contributed by atoms with van der Waals surface area (Å²) < 4.78 is 46.0. The van der Waals surface area contributed by atoms with E-state index in [1.54, 1.807) is 85.7 Å². The molecule has 135 heavy (non-hydrogen) atoms. The summed E-state index contributed by atoms with van der Waals surface area (Å²) in [5.41, 5.74) is 31.8. The van der Waals surface area contributed by atoms with E-state index in [-0.39, 0.29) is 81.4 Å². The van der Waals surface area contributed by atoms with Gasteiger partial charge in [0.05, 0.1) is 82.8 Å². The molecule has 0 bridgehead atoms. The Bertz CT molecular complexity index is 5740. The largest absolute Gasteiger partial charge is 0.870 e. The molecule has 2 aliphatic heterocycles. The maximum Gasteiger partial charge on any atom is 0.187 e. The number of H-pyrrole nitrogens is 2. The zero-order valence-electron chi connectivity index (χ0n) is 78.7. The van der Waals surface area contributed by atoms with Crippen LogP contribution >= 0.6 is 0 Å². The van der Waals surface area contributed by atoms with Crippen molar-refractivity contribution >= 4 is 81.6 Å². The first-order chi connectivity index (χ1) is 63.9. The number of aromatic nitrogens is 4. The zero-order chi connectivity index (χ0) is 95.1. The number of aldehydes is 1. The third kappa shape index (κ3) is 36.6. The minimum Gasteiger partial charge on any atom is -0.870 e. The summed E-state index contributed by atoms with van der Waals surface area (Å²) in [4.78, 5) is 48.4. The van der Waals surface area contributed by atoms with Crippen LogP contribution in [0.2, 0.25) is 0 Å². The van der Waals surface area contributed by atoms with Crippen LogP contribution in [0, 0.1) is 51.8 Å². The average Bonchev–Trinajstić information content (AvgIpc) is 1.55. The van der Waals surface area contributed by atoms with Gasteiger partial charge in [0.2, 0.25) is 0 Å². The second-order valence-corrected chi connectivity index (χ2v) is 30.0. The van der Waals surface area contributed by atoms with Crippen LogP contribution in [0.4, 0.5) is 45.5 Å². The van der Waals surface area contributed by atoms with E-state index in [9.17, 15) is 4.79 Å². The predicted molar refractivity (Wildman–Crippen MR) is 541 cm³/mol. The molecule has 14 N–H and O–H groups in total. The quantitative estimate of drug-likeness (QED) is 0.00456. The van der Waals surface area contributed by atoms with Crippen molar-refractivity contribution in [1.82, 2.24) is 19.9 Å². The van der Waals surface area contributed by atoms with Crippen LogP contribution in [0.5, 0.6) is 46.0 Å². The molecule has 0 aliphatic carbocycles. The molecule has 4 heterocycles. The Morgan fingerprint density at radius 1 is 0.474 bits per heavy atom. The number of nitrogens with two attached hydrogens (primary N) is 3. The number of carbonyl (C=O) groups is 1. The van der Waals surface area contributed by atoms with Gasteiger partial charge in [0.1, 0.15) is 53.2 Å². The Hall–Kier alpha value is -15.6. The zero-order valence-corrected chi connectivity index (χ0v) is 80.3. The second kappa shape index (κ2) is 58.9. The number of amidine groups is 2. The van der Waals surface area contributed by atoms with Crippen molar-refractivity contribution in [3.05, 3.63) is 365 Å². The molecule has 10 aromatic carbocycles. The SMILES string of the molecule is C1=CN=CC1.CCOc1cc(C(Nc2ccc(C(=N)N)cc2)c2ncc[nH]2)ccc1OC(C)C.CCOc1cc(C(Nc2ccc(C(=N)N)cc2)c2ncc[nH]2)ccc1OC(C)C.CCOc1cc(C=O)ccc1C.[C-]#[N+]c1ccc(N)cc1.[C-]#[N+]c1ccc(N=Cc2ccc(C)c(OCC)c2)cc1.[C-]#[N+]c1ccc(NC(C2=NC=CC2)c2ccc(OC(C)C)c(OCC)c2)cc1.[CH3-].[OH-].[Pd]. The van der Waals surface area contributed by atoms with E-state index in [1.165, 1.54) is 0 Å². The van der Waals surface area contributed by atoms with Gasteiger partial charge in [-0.25, -0.2) is 24.5 Å². The number of nitrogen functional groups attached to an aromatic ring is 3. The van der Waals surface area contributed by atoms with Gasteiger partial charge in [-0.05, 0) is 257 Å². The first-order valence-electron chi connectivity index (χ1n) is 43.4. The molecule has 14 rings (SSSR count). The molecule has 3 atom stereocenters. The fourth-order valence-electron chi connectivity index (χ4n) is 12.6. The number of hydrogen-bond donors (Lipinski definition) is 10. The Morgan fingerprint density at radius 2 is 0.844 bits per heavy atom. The van der Waals surface area contributed by atoms with Crippen molar-refractivity contribution in [3.63, 3.8) is 0 Å². The summed E-state index contributed by atoms with van der Waals surface area (Å²) in [5, 5.41) is 25.6. The predicted octanol–water partition coefficient (Wildman–Crippen LogP) is 24.1. The van der Waals surface area contributed by atoms with Crippen LogP contribution in [0.25, 0.3) is 14.5 Å². The van der Waals surface area contributed by atoms with Crippen LogP contribution < -0.4 is 71.0 Å². The molecule has 0 radical (unpaired) electrons. The third-order valence-corrected chi connectivity index (χ3v) is 18.9. The molecule has 2 aliphatic rings. The van der Waals surface area contributed by atoms with Crippen LogP contribution in [0.15, 0.2) is 277 Å². The van der Waals surface area contributed by atoms with Gasteiger partial charge in [-0.3, -0.25) is 30.6 Å². The number of carbonyl (C=O) groups excluding carboxylic acids is 1. The molecule has 0 saturated carbocycles. The van der Waals surface area contributed by atoms with Crippen LogP contribution in [-0.4, -0.2) is 113 Å². The van der Waals surface area contributed by atoms with Gasteiger partial charge >= 0.3 is 0 Å². The fourth-order valence-corrected chi connectivity index (χ4v) is 12.6. The number of nitrogens with zero attached hydrogens (tertiary/aromatic N) is 8. The van der Waals surface area contributed by atoms with Gasteiger partial charge in [-0.15, -0.1) is 0 Å². The third-order valence-electron chi connectivity index (χ3n) is 18.9. The second-order valence-electron chi connectivity index (χ2n) is 30.0. The minimum atomic E-state index is -0.222. The maximum absolute atomic E-state index is 10.4. The van der Waals surface area contributed by atoms with Crippen molar-refractivity contribution in [2.24, 2.45) is 26.4 Å².